The van der Waals surface area contributed by atoms with E-state index in [1.165, 1.54) is 0 Å². The van der Waals surface area contributed by atoms with E-state index in [1.54, 1.807) is 14.2 Å². The second-order valence-electron chi connectivity index (χ2n) is 9.84. The highest BCUT2D eigenvalue weighted by atomic mass is 16.5. The zero-order valence-corrected chi connectivity index (χ0v) is 22.3. The molecule has 0 spiro atoms. The lowest BCUT2D eigenvalue weighted by Crippen LogP contribution is -2.36. The number of ether oxygens (including phenoxy) is 3. The third-order valence-corrected chi connectivity index (χ3v) is 7.50. The summed E-state index contributed by atoms with van der Waals surface area (Å²) in [6.45, 7) is 4.20. The Kier molecular flexibility index (Phi) is 7.23. The Morgan fingerprint density at radius 1 is 0.974 bits per heavy atom. The Hall–Kier alpha value is -4.06. The number of Topliss-reactive ketones (excluding diaryl/α,β-unsaturated/α-hetero) is 1. The standard InChI is InChI=1S/C32H33NO5/c1-5-15-38-32(35)29-19(2)33-25-16-22(21-13-14-27(36-3)28(18-21)37-4)17-26(34)31(25)30(29)24-12-8-10-20-9-6-7-11-23(20)24/h6-14,18,22,30,33H,5,15-17H2,1-4H3/t22-,30+/m0/s1. The summed E-state index contributed by atoms with van der Waals surface area (Å²) < 4.78 is 16.5. The van der Waals surface area contributed by atoms with Crippen LogP contribution < -0.4 is 14.8 Å². The molecule has 2 atom stereocenters. The second kappa shape index (κ2) is 10.7. The van der Waals surface area contributed by atoms with Crippen molar-refractivity contribution in [1.82, 2.24) is 5.32 Å². The van der Waals surface area contributed by atoms with Crippen molar-refractivity contribution >= 4 is 22.5 Å². The van der Waals surface area contributed by atoms with Crippen LogP contribution in [0.15, 0.2) is 83.2 Å². The van der Waals surface area contributed by atoms with Crippen molar-refractivity contribution in [2.45, 2.75) is 44.9 Å². The average Bonchev–Trinajstić information content (AvgIpc) is 2.94. The van der Waals surface area contributed by atoms with Gasteiger partial charge in [-0.3, -0.25) is 4.79 Å². The number of ketones is 1. The van der Waals surface area contributed by atoms with Crippen LogP contribution in [0.2, 0.25) is 0 Å². The quantitative estimate of drug-likeness (QED) is 0.382. The number of carbonyl (C=O) groups is 2. The first-order valence-electron chi connectivity index (χ1n) is 13.1. The van der Waals surface area contributed by atoms with E-state index in [1.807, 2.05) is 56.3 Å². The lowest BCUT2D eigenvalue weighted by atomic mass is 9.71. The predicted octanol–water partition coefficient (Wildman–Crippen LogP) is 6.17. The van der Waals surface area contributed by atoms with Gasteiger partial charge in [-0.2, -0.15) is 0 Å². The Labute approximate surface area is 223 Å². The van der Waals surface area contributed by atoms with Gasteiger partial charge < -0.3 is 19.5 Å². The van der Waals surface area contributed by atoms with E-state index < -0.39 is 5.92 Å². The first-order valence-corrected chi connectivity index (χ1v) is 13.1. The monoisotopic (exact) mass is 511 g/mol. The molecular weight excluding hydrogens is 478 g/mol. The van der Waals surface area contributed by atoms with E-state index >= 15 is 0 Å². The van der Waals surface area contributed by atoms with Crippen molar-refractivity contribution in [2.24, 2.45) is 0 Å². The Bertz CT molecular complexity index is 1460. The number of carbonyl (C=O) groups excluding carboxylic acids is 2. The minimum atomic E-state index is -0.499. The third kappa shape index (κ3) is 4.55. The molecule has 1 heterocycles. The molecule has 2 aliphatic rings. The molecule has 1 aliphatic carbocycles. The average molecular weight is 512 g/mol. The first kappa shape index (κ1) is 25.6. The van der Waals surface area contributed by atoms with Crippen molar-refractivity contribution < 1.29 is 23.8 Å². The summed E-state index contributed by atoms with van der Waals surface area (Å²) in [6.07, 6.45) is 1.71. The molecule has 196 valence electrons. The highest BCUT2D eigenvalue weighted by molar-refractivity contribution is 6.05. The van der Waals surface area contributed by atoms with Gasteiger partial charge in [0.05, 0.1) is 26.4 Å². The maximum absolute atomic E-state index is 14.0. The van der Waals surface area contributed by atoms with Crippen LogP contribution in [0.4, 0.5) is 0 Å². The Morgan fingerprint density at radius 2 is 1.74 bits per heavy atom. The van der Waals surface area contributed by atoms with Gasteiger partial charge in [-0.1, -0.05) is 55.5 Å². The minimum absolute atomic E-state index is 0.0249. The maximum Gasteiger partial charge on any atom is 0.336 e. The molecule has 3 aromatic rings. The van der Waals surface area contributed by atoms with Crippen LogP contribution in [0.1, 0.15) is 56.1 Å². The lowest BCUT2D eigenvalue weighted by molar-refractivity contribution is -0.139. The molecule has 1 N–H and O–H groups in total. The summed E-state index contributed by atoms with van der Waals surface area (Å²) in [6, 6.07) is 20.0. The number of nitrogens with one attached hydrogen (secondary N) is 1. The number of rotatable bonds is 7. The van der Waals surface area contributed by atoms with Crippen LogP contribution in [0.25, 0.3) is 10.8 Å². The van der Waals surface area contributed by atoms with Gasteiger partial charge in [0, 0.05) is 29.3 Å². The van der Waals surface area contributed by atoms with Crippen LogP contribution in [-0.2, 0) is 14.3 Å². The smallest absolute Gasteiger partial charge is 0.336 e. The zero-order chi connectivity index (χ0) is 26.8. The maximum atomic E-state index is 14.0. The molecule has 6 nitrogen and oxygen atoms in total. The molecule has 0 saturated heterocycles. The Morgan fingerprint density at radius 3 is 2.50 bits per heavy atom. The number of methoxy groups -OCH3 is 2. The van der Waals surface area contributed by atoms with Crippen LogP contribution in [0.5, 0.6) is 11.5 Å². The summed E-state index contributed by atoms with van der Waals surface area (Å²) in [5.41, 5.74) is 4.71. The van der Waals surface area contributed by atoms with Gasteiger partial charge >= 0.3 is 5.97 Å². The molecule has 0 unspecified atom stereocenters. The highest BCUT2D eigenvalue weighted by Gasteiger charge is 2.42. The fraction of sp³-hybridized carbons (Fsp3) is 0.312. The Balaban J connectivity index is 1.62. The summed E-state index contributed by atoms with van der Waals surface area (Å²) >= 11 is 0. The molecule has 0 fully saturated rings. The molecule has 0 bridgehead atoms. The SMILES string of the molecule is CCCOC(=O)C1=C(C)NC2=C(C(=O)C[C@@H](c3ccc(OC)c(OC)c3)C2)[C@@H]1c1cccc2ccccc12. The van der Waals surface area contributed by atoms with Gasteiger partial charge in [-0.05, 0) is 59.7 Å². The van der Waals surface area contributed by atoms with Crippen molar-refractivity contribution in [2.75, 3.05) is 20.8 Å². The normalized spacial score (nSPS) is 19.2. The van der Waals surface area contributed by atoms with Gasteiger partial charge in [0.2, 0.25) is 0 Å². The number of hydrogen-bond acceptors (Lipinski definition) is 6. The van der Waals surface area contributed by atoms with Crippen molar-refractivity contribution in [3.05, 3.63) is 94.3 Å². The molecule has 5 rings (SSSR count). The fourth-order valence-corrected chi connectivity index (χ4v) is 5.74. The zero-order valence-electron chi connectivity index (χ0n) is 22.3. The largest absolute Gasteiger partial charge is 0.493 e. The highest BCUT2D eigenvalue weighted by Crippen LogP contribution is 2.47. The lowest BCUT2D eigenvalue weighted by Gasteiger charge is -2.37. The summed E-state index contributed by atoms with van der Waals surface area (Å²) in [5.74, 6) is 0.420. The summed E-state index contributed by atoms with van der Waals surface area (Å²) in [5, 5.41) is 5.53. The minimum Gasteiger partial charge on any atom is -0.493 e. The predicted molar refractivity (Wildman–Crippen MR) is 147 cm³/mol. The third-order valence-electron chi connectivity index (χ3n) is 7.50. The molecule has 0 amide bonds. The number of dihydropyridines is 1. The van der Waals surface area contributed by atoms with Gasteiger partial charge in [-0.15, -0.1) is 0 Å². The number of fused-ring (bicyclic) bond motifs is 1. The molecule has 0 saturated carbocycles. The number of benzene rings is 3. The fourth-order valence-electron chi connectivity index (χ4n) is 5.74. The molecule has 3 aromatic carbocycles. The summed E-state index contributed by atoms with van der Waals surface area (Å²) in [4.78, 5) is 27.4. The van der Waals surface area contributed by atoms with Crippen LogP contribution >= 0.6 is 0 Å². The van der Waals surface area contributed by atoms with Crippen molar-refractivity contribution in [1.29, 1.82) is 0 Å². The summed E-state index contributed by atoms with van der Waals surface area (Å²) in [7, 11) is 3.22. The number of hydrogen-bond donors (Lipinski definition) is 1. The van der Waals surface area contributed by atoms with E-state index in [2.05, 4.69) is 23.5 Å². The van der Waals surface area contributed by atoms with Gasteiger partial charge in [0.15, 0.2) is 17.3 Å². The van der Waals surface area contributed by atoms with Crippen molar-refractivity contribution in [3.63, 3.8) is 0 Å². The van der Waals surface area contributed by atoms with Crippen LogP contribution in [0.3, 0.4) is 0 Å². The van der Waals surface area contributed by atoms with E-state index in [0.29, 0.717) is 42.1 Å². The van der Waals surface area contributed by atoms with Crippen LogP contribution in [0, 0.1) is 0 Å². The molecule has 38 heavy (non-hydrogen) atoms. The van der Waals surface area contributed by atoms with E-state index in [9.17, 15) is 9.59 Å². The molecule has 0 aromatic heterocycles. The molecule has 0 radical (unpaired) electrons. The second-order valence-corrected chi connectivity index (χ2v) is 9.84. The number of allylic oxidation sites excluding steroid dienone is 3. The van der Waals surface area contributed by atoms with Gasteiger partial charge in [-0.25, -0.2) is 4.79 Å². The van der Waals surface area contributed by atoms with E-state index in [0.717, 1.165) is 39.7 Å². The van der Waals surface area contributed by atoms with Crippen molar-refractivity contribution in [3.8, 4) is 11.5 Å². The molecule has 6 heteroatoms. The first-order chi connectivity index (χ1) is 18.5. The van der Waals surface area contributed by atoms with Gasteiger partial charge in [0.25, 0.3) is 0 Å². The number of esters is 1. The topological polar surface area (TPSA) is 73.9 Å². The van der Waals surface area contributed by atoms with E-state index in [-0.39, 0.29) is 17.7 Å². The molecular formula is C32H33NO5. The van der Waals surface area contributed by atoms with E-state index in [4.69, 9.17) is 14.2 Å². The van der Waals surface area contributed by atoms with Crippen LogP contribution in [-0.4, -0.2) is 32.6 Å². The molecule has 1 aliphatic heterocycles. The van der Waals surface area contributed by atoms with Gasteiger partial charge in [0.1, 0.15) is 0 Å².